The van der Waals surface area contributed by atoms with Gasteiger partial charge in [0.2, 0.25) is 5.91 Å². The van der Waals surface area contributed by atoms with Crippen molar-refractivity contribution in [3.05, 3.63) is 0 Å². The Morgan fingerprint density at radius 2 is 2.00 bits per heavy atom. The minimum Gasteiger partial charge on any atom is -0.368 e. The maximum atomic E-state index is 11.4. The second-order valence-corrected chi connectivity index (χ2v) is 6.15. The molecule has 0 radical (unpaired) electrons. The van der Waals surface area contributed by atoms with Gasteiger partial charge in [-0.1, -0.05) is 6.92 Å². The quantitative estimate of drug-likeness (QED) is 0.750. The van der Waals surface area contributed by atoms with E-state index in [1.54, 1.807) is 0 Å². The van der Waals surface area contributed by atoms with Gasteiger partial charge in [-0.15, -0.1) is 0 Å². The molecule has 4 N–H and O–H groups in total. The molecule has 1 aliphatic heterocycles. The SMILES string of the molecule is CC1CCC(C)N(C2CCC(N)(C(N)=O)C2)C1. The highest BCUT2D eigenvalue weighted by molar-refractivity contribution is 5.84. The number of carbonyl (C=O) groups is 1. The molecular formula is C13H25N3O. The van der Waals surface area contributed by atoms with Crippen molar-refractivity contribution in [3.63, 3.8) is 0 Å². The summed E-state index contributed by atoms with van der Waals surface area (Å²) in [5.41, 5.74) is 10.7. The highest BCUT2D eigenvalue weighted by Gasteiger charge is 2.44. The molecule has 0 aromatic rings. The number of piperidine rings is 1. The topological polar surface area (TPSA) is 72.3 Å². The monoisotopic (exact) mass is 239 g/mol. The van der Waals surface area contributed by atoms with Crippen LogP contribution in [0.5, 0.6) is 0 Å². The number of rotatable bonds is 2. The molecule has 1 aliphatic carbocycles. The van der Waals surface area contributed by atoms with Gasteiger partial charge in [0.05, 0.1) is 5.54 Å². The second kappa shape index (κ2) is 4.58. The molecule has 4 heteroatoms. The van der Waals surface area contributed by atoms with Crippen molar-refractivity contribution in [2.24, 2.45) is 17.4 Å². The van der Waals surface area contributed by atoms with Crippen molar-refractivity contribution in [2.45, 2.75) is 63.6 Å². The molecule has 98 valence electrons. The van der Waals surface area contributed by atoms with Gasteiger partial charge in [0, 0.05) is 18.6 Å². The maximum Gasteiger partial charge on any atom is 0.237 e. The molecule has 4 nitrogen and oxygen atoms in total. The fourth-order valence-corrected chi connectivity index (χ4v) is 3.39. The molecule has 2 aliphatic rings. The first-order chi connectivity index (χ1) is 7.92. The van der Waals surface area contributed by atoms with E-state index in [9.17, 15) is 4.79 Å². The van der Waals surface area contributed by atoms with Crippen LogP contribution in [0, 0.1) is 5.92 Å². The summed E-state index contributed by atoms with van der Waals surface area (Å²) in [6.07, 6.45) is 5.06. The minimum absolute atomic E-state index is 0.335. The molecule has 4 unspecified atom stereocenters. The van der Waals surface area contributed by atoms with Crippen LogP contribution in [0.3, 0.4) is 0 Å². The summed E-state index contributed by atoms with van der Waals surface area (Å²) in [4.78, 5) is 13.9. The largest absolute Gasteiger partial charge is 0.368 e. The molecule has 2 fully saturated rings. The Morgan fingerprint density at radius 1 is 1.29 bits per heavy atom. The van der Waals surface area contributed by atoms with E-state index in [0.29, 0.717) is 12.1 Å². The lowest BCUT2D eigenvalue weighted by atomic mass is 9.92. The number of carbonyl (C=O) groups excluding carboxylic acids is 1. The van der Waals surface area contributed by atoms with Crippen LogP contribution in [-0.2, 0) is 4.79 Å². The van der Waals surface area contributed by atoms with E-state index in [0.717, 1.165) is 31.7 Å². The number of nitrogens with zero attached hydrogens (tertiary/aromatic N) is 1. The molecule has 0 spiro atoms. The second-order valence-electron chi connectivity index (χ2n) is 6.15. The third-order valence-corrected chi connectivity index (χ3v) is 4.65. The number of amides is 1. The van der Waals surface area contributed by atoms with Crippen molar-refractivity contribution in [2.75, 3.05) is 6.54 Å². The van der Waals surface area contributed by atoms with E-state index in [4.69, 9.17) is 11.5 Å². The Morgan fingerprint density at radius 3 is 2.59 bits per heavy atom. The van der Waals surface area contributed by atoms with Crippen LogP contribution < -0.4 is 11.5 Å². The predicted molar refractivity (Wildman–Crippen MR) is 68.3 cm³/mol. The summed E-state index contributed by atoms with van der Waals surface area (Å²) >= 11 is 0. The highest BCUT2D eigenvalue weighted by atomic mass is 16.1. The Kier molecular flexibility index (Phi) is 3.46. The summed E-state index contributed by atoms with van der Waals surface area (Å²) in [7, 11) is 0. The Hall–Kier alpha value is -0.610. The average molecular weight is 239 g/mol. The normalized spacial score (nSPS) is 43.8. The van der Waals surface area contributed by atoms with Gasteiger partial charge in [-0.2, -0.15) is 0 Å². The molecule has 1 saturated carbocycles. The van der Waals surface area contributed by atoms with E-state index in [1.165, 1.54) is 12.8 Å². The first-order valence-electron chi connectivity index (χ1n) is 6.77. The van der Waals surface area contributed by atoms with Gasteiger partial charge in [-0.05, 0) is 44.9 Å². The first kappa shape index (κ1) is 12.8. The zero-order valence-corrected chi connectivity index (χ0v) is 11.0. The molecule has 0 aromatic heterocycles. The van der Waals surface area contributed by atoms with Crippen LogP contribution in [0.2, 0.25) is 0 Å². The molecule has 2 rings (SSSR count). The number of likely N-dealkylation sites (tertiary alicyclic amines) is 1. The summed E-state index contributed by atoms with van der Waals surface area (Å²) < 4.78 is 0. The van der Waals surface area contributed by atoms with Crippen molar-refractivity contribution in [3.8, 4) is 0 Å². The Labute approximate surface area is 104 Å². The van der Waals surface area contributed by atoms with Crippen molar-refractivity contribution in [1.82, 2.24) is 4.90 Å². The lowest BCUT2D eigenvalue weighted by Gasteiger charge is -2.41. The van der Waals surface area contributed by atoms with Gasteiger partial charge in [-0.25, -0.2) is 0 Å². The average Bonchev–Trinajstić information content (AvgIpc) is 2.66. The number of hydrogen-bond acceptors (Lipinski definition) is 3. The van der Waals surface area contributed by atoms with E-state index in [2.05, 4.69) is 18.7 Å². The minimum atomic E-state index is -0.759. The highest BCUT2D eigenvalue weighted by Crippen LogP contribution is 2.35. The molecule has 1 amide bonds. The summed E-state index contributed by atoms with van der Waals surface area (Å²) in [6.45, 7) is 5.73. The van der Waals surface area contributed by atoms with Gasteiger partial charge in [0.15, 0.2) is 0 Å². The number of nitrogens with two attached hydrogens (primary N) is 2. The van der Waals surface area contributed by atoms with Crippen LogP contribution >= 0.6 is 0 Å². The van der Waals surface area contributed by atoms with E-state index in [1.807, 2.05) is 0 Å². The van der Waals surface area contributed by atoms with Crippen molar-refractivity contribution >= 4 is 5.91 Å². The van der Waals surface area contributed by atoms with E-state index in [-0.39, 0.29) is 5.91 Å². The molecule has 0 bridgehead atoms. The first-order valence-corrected chi connectivity index (χ1v) is 6.77. The molecule has 1 heterocycles. The smallest absolute Gasteiger partial charge is 0.237 e. The Bertz CT molecular complexity index is 307. The van der Waals surface area contributed by atoms with E-state index >= 15 is 0 Å². The van der Waals surface area contributed by atoms with Crippen LogP contribution in [0.25, 0.3) is 0 Å². The van der Waals surface area contributed by atoms with Crippen molar-refractivity contribution in [1.29, 1.82) is 0 Å². The molecule has 1 saturated heterocycles. The molecule has 0 aromatic carbocycles. The fraction of sp³-hybridized carbons (Fsp3) is 0.923. The van der Waals surface area contributed by atoms with Crippen molar-refractivity contribution < 1.29 is 4.79 Å². The summed E-state index contributed by atoms with van der Waals surface area (Å²) in [6, 6.07) is 1.07. The van der Waals surface area contributed by atoms with Crippen LogP contribution in [0.1, 0.15) is 46.0 Å². The lowest BCUT2D eigenvalue weighted by Crippen LogP contribution is -2.52. The van der Waals surface area contributed by atoms with Gasteiger partial charge in [0.25, 0.3) is 0 Å². The van der Waals surface area contributed by atoms with Gasteiger partial charge >= 0.3 is 0 Å². The predicted octanol–water partition coefficient (Wildman–Crippen LogP) is 0.842. The third kappa shape index (κ3) is 2.47. The fourth-order valence-electron chi connectivity index (χ4n) is 3.39. The Balaban J connectivity index is 2.02. The lowest BCUT2D eigenvalue weighted by molar-refractivity contribution is -0.123. The standard InChI is InChI=1S/C13H25N3O/c1-9-3-4-10(2)16(8-9)11-5-6-13(15,7-11)12(14)17/h9-11H,3-8,15H2,1-2H3,(H2,14,17). The van der Waals surface area contributed by atoms with Gasteiger partial charge in [-0.3, -0.25) is 9.69 Å². The zero-order valence-electron chi connectivity index (χ0n) is 11.0. The summed E-state index contributed by atoms with van der Waals surface area (Å²) in [5.74, 6) is 0.422. The molecule has 17 heavy (non-hydrogen) atoms. The van der Waals surface area contributed by atoms with Crippen LogP contribution in [-0.4, -0.2) is 35.0 Å². The van der Waals surface area contributed by atoms with Crippen LogP contribution in [0.15, 0.2) is 0 Å². The molecule has 4 atom stereocenters. The summed E-state index contributed by atoms with van der Waals surface area (Å²) in [5, 5.41) is 0. The molecular weight excluding hydrogens is 214 g/mol. The number of hydrogen-bond donors (Lipinski definition) is 2. The number of primary amides is 1. The van der Waals surface area contributed by atoms with Gasteiger partial charge < -0.3 is 11.5 Å². The van der Waals surface area contributed by atoms with E-state index < -0.39 is 5.54 Å². The zero-order chi connectivity index (χ0) is 12.6. The maximum absolute atomic E-state index is 11.4. The van der Waals surface area contributed by atoms with Gasteiger partial charge in [0.1, 0.15) is 0 Å². The van der Waals surface area contributed by atoms with Crippen LogP contribution in [0.4, 0.5) is 0 Å². The third-order valence-electron chi connectivity index (χ3n) is 4.65.